The van der Waals surface area contributed by atoms with Gasteiger partial charge in [0.05, 0.1) is 0 Å². The van der Waals surface area contributed by atoms with Crippen LogP contribution in [-0.2, 0) is 20.8 Å². The van der Waals surface area contributed by atoms with E-state index in [4.69, 9.17) is 17.0 Å². The Bertz CT molecular complexity index is 607. The number of rotatable bonds is 5. The van der Waals surface area contributed by atoms with Crippen LogP contribution in [0.3, 0.4) is 0 Å². The van der Waals surface area contributed by atoms with Crippen LogP contribution in [0, 0.1) is 44.4 Å². The van der Waals surface area contributed by atoms with Crippen molar-refractivity contribution in [1.82, 2.24) is 0 Å². The molecule has 0 spiro atoms. The van der Waals surface area contributed by atoms with Crippen LogP contribution >= 0.6 is 17.0 Å². The topological polar surface area (TPSA) is 0 Å². The Balaban J connectivity index is 0.00000110. The summed E-state index contributed by atoms with van der Waals surface area (Å²) in [6.07, 6.45) is 17.6. The molecule has 6 heteroatoms. The van der Waals surface area contributed by atoms with Crippen LogP contribution in [0.15, 0.2) is 0 Å². The van der Waals surface area contributed by atoms with Crippen LogP contribution in [0.1, 0.15) is 70.6 Å². The van der Waals surface area contributed by atoms with Gasteiger partial charge in [0, 0.05) is 23.3 Å². The molecule has 0 aromatic heterocycles. The molecule has 4 aliphatic rings. The second kappa shape index (κ2) is 14.0. The standard InChI is InChI=1S/C26H52Si3.2CH3.2ClH.Zr/c1-27(2,3)19-20-12-14-22(18-20)28(4,5)29(6,7)26-17-16-24-23-11-9-8-10-21(23)13-15-25(24)26;;;;;/h20-26H,8-19H2,1-7H3;2*1H3;2*1H;/q;2*-1;;;+4/p-2. The molecule has 0 amide bonds. The van der Waals surface area contributed by atoms with Gasteiger partial charge in [-0.05, 0) is 66.4 Å². The van der Waals surface area contributed by atoms with Gasteiger partial charge in [-0.2, -0.15) is 0 Å². The number of hydrogen-bond donors (Lipinski definition) is 0. The molecule has 0 saturated heterocycles. The SMILES string of the molecule is C[Si](C)(C)CC1CCC([Si](C)(C)[Si](C)(C)C2CCC3C4CCCCC4CCC32)C1.[CH3-].[CH3-].[Cl][Zr+2][Cl]. The molecule has 0 N–H and O–H groups in total. The molecule has 4 saturated carbocycles. The fourth-order valence-corrected chi connectivity index (χ4v) is 25.5. The van der Waals surface area contributed by atoms with E-state index < -0.39 is 44.1 Å². The van der Waals surface area contributed by atoms with Crippen LogP contribution in [0.4, 0.5) is 0 Å². The molecular formula is C28H58Cl2Si3Zr. The molecule has 4 fully saturated rings. The van der Waals surface area contributed by atoms with Crippen molar-refractivity contribution >= 4 is 40.3 Å². The Hall–Kier alpha value is 2.11. The zero-order valence-electron chi connectivity index (χ0n) is 24.3. The Morgan fingerprint density at radius 3 is 1.85 bits per heavy atom. The molecule has 7 atom stereocenters. The number of fused-ring (bicyclic) bond motifs is 3. The van der Waals surface area contributed by atoms with E-state index in [1.165, 1.54) is 5.54 Å². The third kappa shape index (κ3) is 7.61. The third-order valence-electron chi connectivity index (χ3n) is 11.3. The van der Waals surface area contributed by atoms with Gasteiger partial charge in [0.2, 0.25) is 0 Å². The molecule has 0 aromatic carbocycles. The first-order valence-electron chi connectivity index (χ1n) is 13.9. The van der Waals surface area contributed by atoms with E-state index in [0.717, 1.165) is 35.1 Å². The minimum atomic E-state index is -1.17. The second-order valence-electron chi connectivity index (χ2n) is 14.5. The molecule has 0 aliphatic heterocycles. The quantitative estimate of drug-likeness (QED) is 0.207. The van der Waals surface area contributed by atoms with Gasteiger partial charge < -0.3 is 14.9 Å². The first-order valence-corrected chi connectivity index (χ1v) is 31.1. The van der Waals surface area contributed by atoms with E-state index in [2.05, 4.69) is 45.8 Å². The summed E-state index contributed by atoms with van der Waals surface area (Å²) in [4.78, 5) is 0. The molecule has 0 radical (unpaired) electrons. The van der Waals surface area contributed by atoms with E-state index >= 15 is 0 Å². The van der Waals surface area contributed by atoms with Gasteiger partial charge in [0.25, 0.3) is 0 Å². The van der Waals surface area contributed by atoms with Crippen LogP contribution in [-0.4, -0.2) is 23.3 Å². The summed E-state index contributed by atoms with van der Waals surface area (Å²) in [5, 5.41) is 0. The fraction of sp³-hybridized carbons (Fsp3) is 0.929. The van der Waals surface area contributed by atoms with Crippen molar-refractivity contribution in [2.24, 2.45) is 29.6 Å². The van der Waals surface area contributed by atoms with Gasteiger partial charge in [-0.25, -0.2) is 0 Å². The Kier molecular flexibility index (Phi) is 14.0. The molecule has 0 heterocycles. The molecule has 4 rings (SSSR count). The summed E-state index contributed by atoms with van der Waals surface area (Å²) in [6.45, 7) is 19.4. The molecule has 200 valence electrons. The average molecular weight is 641 g/mol. The van der Waals surface area contributed by atoms with Crippen molar-refractivity contribution in [3.05, 3.63) is 14.9 Å². The molecule has 0 nitrogen and oxygen atoms in total. The maximum absolute atomic E-state index is 4.93. The van der Waals surface area contributed by atoms with Gasteiger partial charge >= 0.3 is 37.9 Å². The van der Waals surface area contributed by atoms with Gasteiger partial charge in [-0.15, -0.1) is 0 Å². The van der Waals surface area contributed by atoms with Crippen LogP contribution in [0.5, 0.6) is 0 Å². The van der Waals surface area contributed by atoms with Gasteiger partial charge in [-0.1, -0.05) is 96.8 Å². The predicted molar refractivity (Wildman–Crippen MR) is 163 cm³/mol. The first kappa shape index (κ1) is 34.1. The summed E-state index contributed by atoms with van der Waals surface area (Å²) in [5.74, 6) is 5.68. The van der Waals surface area contributed by atoms with Crippen molar-refractivity contribution in [3.8, 4) is 0 Å². The summed E-state index contributed by atoms with van der Waals surface area (Å²) < 4.78 is 0. The molecule has 0 aromatic rings. The molecule has 4 aliphatic carbocycles. The van der Waals surface area contributed by atoms with Crippen LogP contribution in [0.25, 0.3) is 0 Å². The van der Waals surface area contributed by atoms with Crippen LogP contribution < -0.4 is 0 Å². The zero-order chi connectivity index (χ0) is 23.7. The third-order valence-corrected chi connectivity index (χ3v) is 33.9. The summed E-state index contributed by atoms with van der Waals surface area (Å²) in [7, 11) is 6.66. The Morgan fingerprint density at radius 1 is 0.647 bits per heavy atom. The average Bonchev–Trinajstić information content (AvgIpc) is 3.34. The van der Waals surface area contributed by atoms with Crippen LogP contribution in [0.2, 0.25) is 63.0 Å². The van der Waals surface area contributed by atoms with Gasteiger partial charge in [-0.3, -0.25) is 0 Å². The summed E-state index contributed by atoms with van der Waals surface area (Å²) in [5.41, 5.74) is 2.35. The minimum absolute atomic E-state index is 0. The first-order chi connectivity index (χ1) is 14.9. The molecule has 7 unspecified atom stereocenters. The summed E-state index contributed by atoms with van der Waals surface area (Å²) >= 11 is -0.826. The second-order valence-corrected chi connectivity index (χ2v) is 39.9. The zero-order valence-corrected chi connectivity index (χ0v) is 31.3. The van der Waals surface area contributed by atoms with Crippen molar-refractivity contribution in [2.45, 2.75) is 134 Å². The Morgan fingerprint density at radius 2 is 1.24 bits per heavy atom. The van der Waals surface area contributed by atoms with E-state index in [1.807, 2.05) is 0 Å². The summed E-state index contributed by atoms with van der Waals surface area (Å²) in [6, 6.07) is 1.60. The van der Waals surface area contributed by atoms with Crippen molar-refractivity contribution in [3.63, 3.8) is 0 Å². The maximum atomic E-state index is 4.93. The van der Waals surface area contributed by atoms with E-state index in [1.54, 1.807) is 76.7 Å². The monoisotopic (exact) mass is 638 g/mol. The fourth-order valence-electron chi connectivity index (χ4n) is 9.29. The predicted octanol–water partition coefficient (Wildman–Crippen LogP) is 11.3. The van der Waals surface area contributed by atoms with Crippen molar-refractivity contribution in [2.75, 3.05) is 0 Å². The number of hydrogen-bond acceptors (Lipinski definition) is 0. The van der Waals surface area contributed by atoms with Gasteiger partial charge in [0.1, 0.15) is 0 Å². The Labute approximate surface area is 237 Å². The molecule has 0 bridgehead atoms. The number of halogens is 2. The van der Waals surface area contributed by atoms with Crippen molar-refractivity contribution in [1.29, 1.82) is 0 Å². The van der Waals surface area contributed by atoms with Gasteiger partial charge in [0.15, 0.2) is 0 Å². The van der Waals surface area contributed by atoms with E-state index in [9.17, 15) is 0 Å². The molecular weight excluding hydrogens is 583 g/mol. The van der Waals surface area contributed by atoms with E-state index in [0.29, 0.717) is 0 Å². The molecule has 34 heavy (non-hydrogen) atoms. The van der Waals surface area contributed by atoms with Crippen molar-refractivity contribution < 1.29 is 20.8 Å². The normalized spacial score (nSPS) is 35.5. The van der Waals surface area contributed by atoms with E-state index in [-0.39, 0.29) is 14.9 Å².